The molecular weight excluding hydrogens is 240 g/mol. The maximum Gasteiger partial charge on any atom is 0.322 e. The number of hydrogen-bond acceptors (Lipinski definition) is 5. The van der Waals surface area contributed by atoms with Gasteiger partial charge in [0.25, 0.3) is 5.91 Å². The third-order valence-electron chi connectivity index (χ3n) is 2.25. The molecule has 18 heavy (non-hydrogen) atoms. The van der Waals surface area contributed by atoms with Gasteiger partial charge in [0.1, 0.15) is 5.69 Å². The van der Waals surface area contributed by atoms with Crippen LogP contribution in [0.1, 0.15) is 21.9 Å². The maximum absolute atomic E-state index is 11.8. The fourth-order valence-electron chi connectivity index (χ4n) is 1.45. The van der Waals surface area contributed by atoms with Gasteiger partial charge in [0.2, 0.25) is 11.6 Å². The van der Waals surface area contributed by atoms with Crippen LogP contribution in [-0.2, 0) is 0 Å². The zero-order valence-electron chi connectivity index (χ0n) is 9.64. The molecule has 0 aliphatic carbocycles. The maximum atomic E-state index is 11.8. The monoisotopic (exact) mass is 250 g/mol. The first kappa shape index (κ1) is 11.8. The Morgan fingerprint density at radius 3 is 2.78 bits per heavy atom. The summed E-state index contributed by atoms with van der Waals surface area (Å²) in [6.07, 6.45) is 1.53. The minimum Gasteiger partial charge on any atom is -0.328 e. The minimum absolute atomic E-state index is 0.215. The van der Waals surface area contributed by atoms with Crippen LogP contribution in [0.5, 0.6) is 0 Å². The molecule has 0 aromatic carbocycles. The molecule has 2 aromatic rings. The molecule has 0 atom stereocenters. The molecule has 0 saturated carbocycles. The van der Waals surface area contributed by atoms with Crippen molar-refractivity contribution in [3.05, 3.63) is 33.4 Å². The number of imidazole rings is 1. The van der Waals surface area contributed by atoms with Crippen molar-refractivity contribution in [3.63, 3.8) is 0 Å². The number of aryl methyl sites for hydroxylation is 2. The fourth-order valence-corrected chi connectivity index (χ4v) is 1.45. The van der Waals surface area contributed by atoms with Crippen molar-refractivity contribution in [1.29, 1.82) is 0 Å². The van der Waals surface area contributed by atoms with Crippen LogP contribution in [0.3, 0.4) is 0 Å². The summed E-state index contributed by atoms with van der Waals surface area (Å²) >= 11 is 0. The fraction of sp³-hybridized carbons (Fsp3) is 0.222. The number of nitro groups is 1. The number of rotatable bonds is 3. The standard InChI is InChI=1S/C9H10N6O3/c1-4-3-10-9(11-4)12-8(16)6-7(15(17)18)5(2)13-14-6/h3H,1-2H3,(H,13,14)(H2,10,11,12,16). The summed E-state index contributed by atoms with van der Waals surface area (Å²) in [4.78, 5) is 28.6. The van der Waals surface area contributed by atoms with Gasteiger partial charge in [0.15, 0.2) is 0 Å². The first-order valence-electron chi connectivity index (χ1n) is 5.01. The topological polar surface area (TPSA) is 130 Å². The first-order valence-corrected chi connectivity index (χ1v) is 5.01. The lowest BCUT2D eigenvalue weighted by Gasteiger charge is -1.98. The minimum atomic E-state index is -0.694. The number of hydrogen-bond donors (Lipinski definition) is 3. The second-order valence-corrected chi connectivity index (χ2v) is 3.67. The Kier molecular flexibility index (Phi) is 2.80. The van der Waals surface area contributed by atoms with Gasteiger partial charge in [-0.1, -0.05) is 0 Å². The van der Waals surface area contributed by atoms with Crippen molar-refractivity contribution in [1.82, 2.24) is 20.2 Å². The molecule has 0 fully saturated rings. The van der Waals surface area contributed by atoms with Crippen molar-refractivity contribution >= 4 is 17.5 Å². The highest BCUT2D eigenvalue weighted by atomic mass is 16.6. The third-order valence-corrected chi connectivity index (χ3v) is 2.25. The van der Waals surface area contributed by atoms with Gasteiger partial charge in [-0.3, -0.25) is 25.3 Å². The lowest BCUT2D eigenvalue weighted by atomic mass is 10.3. The summed E-state index contributed by atoms with van der Waals surface area (Å²) in [5, 5.41) is 19.2. The van der Waals surface area contributed by atoms with Crippen LogP contribution < -0.4 is 5.32 Å². The van der Waals surface area contributed by atoms with Crippen LogP contribution in [0.2, 0.25) is 0 Å². The van der Waals surface area contributed by atoms with Crippen molar-refractivity contribution in [3.8, 4) is 0 Å². The van der Waals surface area contributed by atoms with Crippen LogP contribution in [0.4, 0.5) is 11.6 Å². The van der Waals surface area contributed by atoms with E-state index in [-0.39, 0.29) is 23.0 Å². The lowest BCUT2D eigenvalue weighted by molar-refractivity contribution is -0.385. The average Bonchev–Trinajstić information content (AvgIpc) is 2.84. The Hall–Kier alpha value is -2.71. The number of amides is 1. The van der Waals surface area contributed by atoms with Crippen LogP contribution in [0, 0.1) is 24.0 Å². The predicted octanol–water partition coefficient (Wildman–Crippen LogP) is 0.910. The first-order chi connectivity index (χ1) is 8.49. The zero-order valence-corrected chi connectivity index (χ0v) is 9.64. The number of carbonyl (C=O) groups is 1. The van der Waals surface area contributed by atoms with Crippen molar-refractivity contribution in [2.45, 2.75) is 13.8 Å². The van der Waals surface area contributed by atoms with Crippen molar-refractivity contribution in [2.75, 3.05) is 5.32 Å². The van der Waals surface area contributed by atoms with Gasteiger partial charge in [-0.25, -0.2) is 4.98 Å². The summed E-state index contributed by atoms with van der Waals surface area (Å²) in [5.41, 5.74) is 0.376. The van der Waals surface area contributed by atoms with Gasteiger partial charge in [-0.2, -0.15) is 5.10 Å². The van der Waals surface area contributed by atoms with E-state index in [2.05, 4.69) is 25.5 Å². The number of carbonyl (C=O) groups excluding carboxylic acids is 1. The number of anilines is 1. The molecule has 3 N–H and O–H groups in total. The van der Waals surface area contributed by atoms with Gasteiger partial charge < -0.3 is 4.98 Å². The Morgan fingerprint density at radius 1 is 1.50 bits per heavy atom. The van der Waals surface area contributed by atoms with Gasteiger partial charge in [-0.05, 0) is 13.8 Å². The Bertz CT molecular complexity index is 614. The van der Waals surface area contributed by atoms with Crippen LogP contribution in [-0.4, -0.2) is 31.0 Å². The number of aromatic nitrogens is 4. The quantitative estimate of drug-likeness (QED) is 0.550. The van der Waals surface area contributed by atoms with E-state index in [9.17, 15) is 14.9 Å². The molecule has 1 amide bonds. The number of aromatic amines is 2. The highest BCUT2D eigenvalue weighted by Gasteiger charge is 2.27. The molecule has 94 valence electrons. The Morgan fingerprint density at radius 2 is 2.22 bits per heavy atom. The molecule has 0 radical (unpaired) electrons. The Balaban J connectivity index is 2.27. The summed E-state index contributed by atoms with van der Waals surface area (Å²) in [6, 6.07) is 0. The third kappa shape index (κ3) is 2.05. The summed E-state index contributed by atoms with van der Waals surface area (Å²) in [7, 11) is 0. The average molecular weight is 250 g/mol. The SMILES string of the molecule is Cc1cnc(NC(=O)c2n[nH]c(C)c2[N+](=O)[O-])[nH]1. The molecule has 0 aliphatic rings. The van der Waals surface area contributed by atoms with Gasteiger partial charge >= 0.3 is 5.69 Å². The molecule has 9 nitrogen and oxygen atoms in total. The van der Waals surface area contributed by atoms with Crippen molar-refractivity contribution in [2.24, 2.45) is 0 Å². The van der Waals surface area contributed by atoms with E-state index in [1.807, 2.05) is 0 Å². The highest BCUT2D eigenvalue weighted by Crippen LogP contribution is 2.20. The van der Waals surface area contributed by atoms with E-state index < -0.39 is 10.8 Å². The molecule has 0 bridgehead atoms. The highest BCUT2D eigenvalue weighted by molar-refractivity contribution is 6.04. The molecule has 0 saturated heterocycles. The molecule has 2 heterocycles. The van der Waals surface area contributed by atoms with E-state index in [1.54, 1.807) is 6.92 Å². The van der Waals surface area contributed by atoms with Gasteiger partial charge in [0, 0.05) is 11.9 Å². The van der Waals surface area contributed by atoms with Crippen LogP contribution >= 0.6 is 0 Å². The number of H-pyrrole nitrogens is 2. The summed E-state index contributed by atoms with van der Waals surface area (Å²) in [5.74, 6) is -0.479. The second-order valence-electron chi connectivity index (χ2n) is 3.67. The normalized spacial score (nSPS) is 10.3. The van der Waals surface area contributed by atoms with Crippen LogP contribution in [0.25, 0.3) is 0 Å². The summed E-state index contributed by atoms with van der Waals surface area (Å²) < 4.78 is 0. The molecule has 2 rings (SSSR count). The molecule has 0 unspecified atom stereocenters. The largest absolute Gasteiger partial charge is 0.328 e. The zero-order chi connectivity index (χ0) is 13.3. The van der Waals surface area contributed by atoms with Crippen LogP contribution in [0.15, 0.2) is 6.20 Å². The number of nitrogens with zero attached hydrogens (tertiary/aromatic N) is 3. The van der Waals surface area contributed by atoms with Gasteiger partial charge in [-0.15, -0.1) is 0 Å². The molecule has 0 spiro atoms. The van der Waals surface area contributed by atoms with E-state index in [0.717, 1.165) is 5.69 Å². The smallest absolute Gasteiger partial charge is 0.322 e. The molecule has 2 aromatic heterocycles. The molecule has 9 heteroatoms. The van der Waals surface area contributed by atoms with E-state index in [4.69, 9.17) is 0 Å². The van der Waals surface area contributed by atoms with Crippen molar-refractivity contribution < 1.29 is 9.72 Å². The van der Waals surface area contributed by atoms with E-state index in [0.29, 0.717) is 0 Å². The van der Waals surface area contributed by atoms with E-state index >= 15 is 0 Å². The van der Waals surface area contributed by atoms with Gasteiger partial charge in [0.05, 0.1) is 4.92 Å². The number of nitrogens with one attached hydrogen (secondary N) is 3. The lowest BCUT2D eigenvalue weighted by Crippen LogP contribution is -2.15. The second kappa shape index (κ2) is 4.28. The molecular formula is C9H10N6O3. The molecule has 0 aliphatic heterocycles. The van der Waals surface area contributed by atoms with E-state index in [1.165, 1.54) is 13.1 Å². The Labute approximate surface area is 101 Å². The summed E-state index contributed by atoms with van der Waals surface area (Å²) in [6.45, 7) is 3.24. The predicted molar refractivity (Wildman–Crippen MR) is 61.3 cm³/mol.